The molecule has 3 fully saturated rings. The smallest absolute Gasteiger partial charge is 0.239 e. The van der Waals surface area contributed by atoms with Crippen LogP contribution in [0.1, 0.15) is 12.8 Å². The maximum absolute atomic E-state index is 12.5. The van der Waals surface area contributed by atoms with Crippen molar-refractivity contribution in [3.8, 4) is 0 Å². The normalized spacial score (nSPS) is 23.7. The molecule has 144 valence electrons. The van der Waals surface area contributed by atoms with Gasteiger partial charge in [0.2, 0.25) is 5.91 Å². The fourth-order valence-corrected chi connectivity index (χ4v) is 3.75. The molecule has 0 radical (unpaired) electrons. The van der Waals surface area contributed by atoms with Gasteiger partial charge in [0.05, 0.1) is 19.3 Å². The van der Waals surface area contributed by atoms with Crippen LogP contribution in [0.5, 0.6) is 0 Å². The summed E-state index contributed by atoms with van der Waals surface area (Å²) in [6.45, 7) is 7.34. The van der Waals surface area contributed by atoms with Gasteiger partial charge in [0.15, 0.2) is 0 Å². The molecule has 4 heterocycles. The first-order valence-electron chi connectivity index (χ1n) is 9.23. The molecule has 0 bridgehead atoms. The van der Waals surface area contributed by atoms with E-state index in [0.29, 0.717) is 0 Å². The van der Waals surface area contributed by atoms with Crippen molar-refractivity contribution in [2.45, 2.75) is 18.9 Å². The highest BCUT2D eigenvalue weighted by Gasteiger charge is 2.29. The molecule has 0 aromatic carbocycles. The minimum absolute atomic E-state index is 0. The summed E-state index contributed by atoms with van der Waals surface area (Å²) in [5, 5.41) is 3.30. The molecule has 8 nitrogen and oxygen atoms in total. The molecule has 3 aliphatic rings. The van der Waals surface area contributed by atoms with Crippen LogP contribution in [0.25, 0.3) is 0 Å². The molecule has 9 heteroatoms. The molecule has 1 aromatic rings. The van der Waals surface area contributed by atoms with Crippen LogP contribution in [-0.4, -0.2) is 85.8 Å². The average Bonchev–Trinajstić information content (AvgIpc) is 3.23. The van der Waals surface area contributed by atoms with Gasteiger partial charge in [-0.15, -0.1) is 12.4 Å². The number of halogens is 1. The number of anilines is 2. The van der Waals surface area contributed by atoms with Crippen molar-refractivity contribution in [1.29, 1.82) is 0 Å². The van der Waals surface area contributed by atoms with E-state index in [1.165, 1.54) is 0 Å². The number of nitrogens with one attached hydrogen (secondary N) is 1. The highest BCUT2D eigenvalue weighted by Crippen LogP contribution is 2.20. The number of piperazine rings is 1. The summed E-state index contributed by atoms with van der Waals surface area (Å²) in [4.78, 5) is 27.8. The van der Waals surface area contributed by atoms with Crippen LogP contribution < -0.4 is 15.1 Å². The van der Waals surface area contributed by atoms with Gasteiger partial charge in [-0.25, -0.2) is 9.97 Å². The predicted octanol–water partition coefficient (Wildman–Crippen LogP) is 0.136. The predicted molar refractivity (Wildman–Crippen MR) is 102 cm³/mol. The molecule has 0 saturated carbocycles. The number of rotatable bonds is 3. The number of ether oxygens (including phenoxy) is 1. The maximum atomic E-state index is 12.5. The third kappa shape index (κ3) is 4.19. The Bertz CT molecular complexity index is 599. The summed E-state index contributed by atoms with van der Waals surface area (Å²) >= 11 is 0. The van der Waals surface area contributed by atoms with E-state index in [-0.39, 0.29) is 24.4 Å². The highest BCUT2D eigenvalue weighted by molar-refractivity contribution is 5.85. The average molecular weight is 383 g/mol. The number of nitrogens with zero attached hydrogens (tertiary/aromatic N) is 5. The van der Waals surface area contributed by atoms with Gasteiger partial charge < -0.3 is 24.8 Å². The molecule has 1 N–H and O–H groups in total. The Morgan fingerprint density at radius 3 is 2.31 bits per heavy atom. The van der Waals surface area contributed by atoms with Crippen LogP contribution in [0.2, 0.25) is 0 Å². The van der Waals surface area contributed by atoms with Crippen molar-refractivity contribution in [3.05, 3.63) is 12.4 Å². The zero-order valence-electron chi connectivity index (χ0n) is 15.0. The van der Waals surface area contributed by atoms with Gasteiger partial charge in [-0.05, 0) is 19.4 Å². The molecule has 1 amide bonds. The van der Waals surface area contributed by atoms with Gasteiger partial charge in [0.1, 0.15) is 18.0 Å². The number of carbonyl (C=O) groups is 1. The lowest BCUT2D eigenvalue weighted by Gasteiger charge is -2.37. The van der Waals surface area contributed by atoms with E-state index in [1.807, 2.05) is 4.90 Å². The Morgan fingerprint density at radius 1 is 1.04 bits per heavy atom. The quantitative estimate of drug-likeness (QED) is 0.796. The first kappa shape index (κ1) is 19.1. The first-order chi connectivity index (χ1) is 12.3. The summed E-state index contributed by atoms with van der Waals surface area (Å²) in [6.07, 6.45) is 3.70. The Hall–Kier alpha value is -1.64. The Balaban J connectivity index is 0.00000196. The van der Waals surface area contributed by atoms with Gasteiger partial charge in [-0.3, -0.25) is 4.79 Å². The van der Waals surface area contributed by atoms with E-state index in [4.69, 9.17) is 4.74 Å². The highest BCUT2D eigenvalue weighted by atomic mass is 35.5. The number of carbonyl (C=O) groups excluding carboxylic acids is 1. The van der Waals surface area contributed by atoms with Gasteiger partial charge >= 0.3 is 0 Å². The zero-order valence-corrected chi connectivity index (χ0v) is 15.8. The number of hydrogen-bond acceptors (Lipinski definition) is 7. The van der Waals surface area contributed by atoms with E-state index < -0.39 is 0 Å². The Morgan fingerprint density at radius 2 is 1.69 bits per heavy atom. The van der Waals surface area contributed by atoms with Crippen LogP contribution in [0, 0.1) is 0 Å². The van der Waals surface area contributed by atoms with Crippen molar-refractivity contribution in [3.63, 3.8) is 0 Å². The third-order valence-corrected chi connectivity index (χ3v) is 5.25. The van der Waals surface area contributed by atoms with Crippen molar-refractivity contribution in [2.75, 3.05) is 68.8 Å². The molecule has 3 saturated heterocycles. The van der Waals surface area contributed by atoms with Crippen LogP contribution >= 0.6 is 12.4 Å². The van der Waals surface area contributed by atoms with Crippen molar-refractivity contribution in [2.24, 2.45) is 0 Å². The molecule has 3 aliphatic heterocycles. The molecule has 0 aliphatic carbocycles. The lowest BCUT2D eigenvalue weighted by atomic mass is 10.2. The summed E-state index contributed by atoms with van der Waals surface area (Å²) in [5.74, 6) is 2.17. The molecule has 1 atom stereocenters. The molecular formula is C17H27ClN6O2. The molecular weight excluding hydrogens is 356 g/mol. The number of hydrogen-bond donors (Lipinski definition) is 1. The molecule has 26 heavy (non-hydrogen) atoms. The SMILES string of the molecule is Cl.O=C(C1CCCN1)N1CCN(c2cc(N3CCOCC3)ncn2)CC1. The van der Waals surface area contributed by atoms with Gasteiger partial charge in [0.25, 0.3) is 0 Å². The lowest BCUT2D eigenvalue weighted by molar-refractivity contribution is -0.133. The number of aromatic nitrogens is 2. The largest absolute Gasteiger partial charge is 0.378 e. The Kier molecular flexibility index (Phi) is 6.50. The van der Waals surface area contributed by atoms with Crippen molar-refractivity contribution >= 4 is 29.9 Å². The zero-order chi connectivity index (χ0) is 17.1. The second-order valence-corrected chi connectivity index (χ2v) is 6.80. The second-order valence-electron chi connectivity index (χ2n) is 6.80. The number of amides is 1. The first-order valence-corrected chi connectivity index (χ1v) is 9.23. The topological polar surface area (TPSA) is 73.8 Å². The third-order valence-electron chi connectivity index (χ3n) is 5.25. The second kappa shape index (κ2) is 8.83. The van der Waals surface area contributed by atoms with E-state index in [1.54, 1.807) is 6.33 Å². The summed E-state index contributed by atoms with van der Waals surface area (Å²) < 4.78 is 5.41. The van der Waals surface area contributed by atoms with Gasteiger partial charge in [0, 0.05) is 45.3 Å². The standard InChI is InChI=1S/C17H26N6O2.ClH/c24-17(14-2-1-3-18-14)23-6-4-21(5-7-23)15-12-16(20-13-19-15)22-8-10-25-11-9-22;/h12-14,18H,1-11H2;1H. The van der Waals surface area contributed by atoms with Crippen LogP contribution in [-0.2, 0) is 9.53 Å². The minimum Gasteiger partial charge on any atom is -0.378 e. The molecule has 1 aromatic heterocycles. The molecule has 1 unspecified atom stereocenters. The Labute approximate surface area is 160 Å². The van der Waals surface area contributed by atoms with Gasteiger partial charge in [-0.1, -0.05) is 0 Å². The van der Waals surface area contributed by atoms with Crippen LogP contribution in [0.3, 0.4) is 0 Å². The van der Waals surface area contributed by atoms with E-state index in [2.05, 4.69) is 31.2 Å². The van der Waals surface area contributed by atoms with Crippen LogP contribution in [0.15, 0.2) is 12.4 Å². The van der Waals surface area contributed by atoms with E-state index in [0.717, 1.165) is 83.5 Å². The van der Waals surface area contributed by atoms with Crippen molar-refractivity contribution in [1.82, 2.24) is 20.2 Å². The van der Waals surface area contributed by atoms with Gasteiger partial charge in [-0.2, -0.15) is 0 Å². The van der Waals surface area contributed by atoms with E-state index >= 15 is 0 Å². The minimum atomic E-state index is 0. The van der Waals surface area contributed by atoms with Crippen LogP contribution in [0.4, 0.5) is 11.6 Å². The molecule has 4 rings (SSSR count). The molecule has 0 spiro atoms. The summed E-state index contributed by atoms with van der Waals surface area (Å²) in [5.41, 5.74) is 0. The fourth-order valence-electron chi connectivity index (χ4n) is 3.75. The summed E-state index contributed by atoms with van der Waals surface area (Å²) in [7, 11) is 0. The monoisotopic (exact) mass is 382 g/mol. The lowest BCUT2D eigenvalue weighted by Crippen LogP contribution is -2.53. The summed E-state index contributed by atoms with van der Waals surface area (Å²) in [6, 6.07) is 2.08. The fraction of sp³-hybridized carbons (Fsp3) is 0.706. The van der Waals surface area contributed by atoms with E-state index in [9.17, 15) is 4.79 Å². The number of morpholine rings is 1. The maximum Gasteiger partial charge on any atom is 0.239 e. The van der Waals surface area contributed by atoms with Crippen molar-refractivity contribution < 1.29 is 9.53 Å².